The number of hydrogen-bond acceptors (Lipinski definition) is 3. The number of carbonyl (C=O) groups excluding carboxylic acids is 1. The first-order chi connectivity index (χ1) is 12.6. The van der Waals surface area contributed by atoms with Crippen LogP contribution in [-0.4, -0.2) is 54.9 Å². The Labute approximate surface area is 188 Å². The van der Waals surface area contributed by atoms with Crippen LogP contribution in [0, 0.1) is 0 Å². The lowest BCUT2D eigenvalue weighted by molar-refractivity contribution is -0.126. The Hall–Kier alpha value is -0.320. The maximum atomic E-state index is 12.9. The standard InChI is InChI=1S/C22H33ClN2O.2ClH/c1-2-21(26)22(19-8-6-9-20(23)18-19)10-16-25(17-11-22)15-7-14-24-12-4-3-5-13-24;;/h6,8-9,18H,2-5,7,10-17H2,1H3;2*1H. The van der Waals surface area contributed by atoms with Crippen molar-refractivity contribution >= 4 is 42.2 Å². The predicted octanol–water partition coefficient (Wildman–Crippen LogP) is 5.37. The molecule has 0 N–H and O–H groups in total. The van der Waals surface area contributed by atoms with Crippen molar-refractivity contribution < 1.29 is 4.79 Å². The summed E-state index contributed by atoms with van der Waals surface area (Å²) in [4.78, 5) is 18.0. The van der Waals surface area contributed by atoms with Crippen LogP contribution in [0.3, 0.4) is 0 Å². The molecular weight excluding hydrogens is 415 g/mol. The largest absolute Gasteiger partial charge is 0.303 e. The minimum atomic E-state index is -0.330. The molecule has 1 aromatic rings. The first kappa shape index (κ1) is 25.7. The molecule has 2 aliphatic heterocycles. The minimum Gasteiger partial charge on any atom is -0.303 e. The highest BCUT2D eigenvalue weighted by molar-refractivity contribution is 6.30. The van der Waals surface area contributed by atoms with Gasteiger partial charge in [0.25, 0.3) is 0 Å². The first-order valence-electron chi connectivity index (χ1n) is 10.4. The molecule has 0 aromatic heterocycles. The number of Topliss-reactive ketones (excluding diaryl/α,β-unsaturated/α-hetero) is 1. The van der Waals surface area contributed by atoms with E-state index in [1.165, 1.54) is 45.3 Å². The average molecular weight is 450 g/mol. The molecule has 1 aromatic carbocycles. The van der Waals surface area contributed by atoms with Crippen LogP contribution in [0.15, 0.2) is 24.3 Å². The fourth-order valence-electron chi connectivity index (χ4n) is 4.71. The summed E-state index contributed by atoms with van der Waals surface area (Å²) in [7, 11) is 0. The van der Waals surface area contributed by atoms with Crippen LogP contribution in [0.5, 0.6) is 0 Å². The van der Waals surface area contributed by atoms with Gasteiger partial charge in [-0.1, -0.05) is 37.1 Å². The number of rotatable bonds is 7. The van der Waals surface area contributed by atoms with E-state index in [0.29, 0.717) is 12.2 Å². The van der Waals surface area contributed by atoms with Gasteiger partial charge in [0, 0.05) is 11.4 Å². The third-order valence-electron chi connectivity index (χ3n) is 6.34. The highest BCUT2D eigenvalue weighted by Gasteiger charge is 2.41. The second-order valence-electron chi connectivity index (χ2n) is 7.97. The van der Waals surface area contributed by atoms with Gasteiger partial charge in [0.1, 0.15) is 5.78 Å². The van der Waals surface area contributed by atoms with Gasteiger partial charge in [-0.3, -0.25) is 4.79 Å². The predicted molar refractivity (Wildman–Crippen MR) is 124 cm³/mol. The highest BCUT2D eigenvalue weighted by Crippen LogP contribution is 2.38. The number of likely N-dealkylation sites (tertiary alicyclic amines) is 2. The Bertz CT molecular complexity index is 597. The number of carbonyl (C=O) groups is 1. The van der Waals surface area contributed by atoms with Crippen LogP contribution in [0.4, 0.5) is 0 Å². The Morgan fingerprint density at radius 2 is 1.61 bits per heavy atom. The summed E-state index contributed by atoms with van der Waals surface area (Å²) >= 11 is 6.22. The van der Waals surface area contributed by atoms with E-state index in [4.69, 9.17) is 11.6 Å². The topological polar surface area (TPSA) is 23.6 Å². The fraction of sp³-hybridized carbons (Fsp3) is 0.682. The van der Waals surface area contributed by atoms with Crippen molar-refractivity contribution in [2.24, 2.45) is 0 Å². The number of ketones is 1. The molecule has 3 rings (SSSR count). The summed E-state index contributed by atoms with van der Waals surface area (Å²) in [6.07, 6.45) is 7.82. The van der Waals surface area contributed by atoms with Crippen LogP contribution in [0.25, 0.3) is 0 Å². The number of benzene rings is 1. The van der Waals surface area contributed by atoms with Gasteiger partial charge in [-0.2, -0.15) is 0 Å². The van der Waals surface area contributed by atoms with Crippen LogP contribution < -0.4 is 0 Å². The summed E-state index contributed by atoms with van der Waals surface area (Å²) in [6, 6.07) is 7.96. The lowest BCUT2D eigenvalue weighted by Crippen LogP contribution is -2.47. The third kappa shape index (κ3) is 6.34. The SMILES string of the molecule is CCC(=O)C1(c2cccc(Cl)c2)CCN(CCCN2CCCCC2)CC1.Cl.Cl. The summed E-state index contributed by atoms with van der Waals surface area (Å²) < 4.78 is 0. The lowest BCUT2D eigenvalue weighted by Gasteiger charge is -2.41. The van der Waals surface area contributed by atoms with E-state index in [9.17, 15) is 4.79 Å². The van der Waals surface area contributed by atoms with Crippen LogP contribution in [-0.2, 0) is 10.2 Å². The Kier molecular flexibility index (Phi) is 11.4. The molecule has 6 heteroatoms. The molecule has 2 fully saturated rings. The summed E-state index contributed by atoms with van der Waals surface area (Å²) in [6.45, 7) is 8.95. The zero-order chi connectivity index (χ0) is 18.4. The van der Waals surface area contributed by atoms with Gasteiger partial charge in [-0.25, -0.2) is 0 Å². The number of nitrogens with zero attached hydrogens (tertiary/aromatic N) is 2. The second kappa shape index (κ2) is 12.4. The Morgan fingerprint density at radius 3 is 2.18 bits per heavy atom. The smallest absolute Gasteiger partial charge is 0.143 e. The molecule has 0 amide bonds. The lowest BCUT2D eigenvalue weighted by atomic mass is 9.69. The summed E-state index contributed by atoms with van der Waals surface area (Å²) in [5.41, 5.74) is 0.785. The molecule has 2 aliphatic rings. The summed E-state index contributed by atoms with van der Waals surface area (Å²) in [5.74, 6) is 0.368. The number of piperidine rings is 2. The molecule has 28 heavy (non-hydrogen) atoms. The normalized spacial score (nSPS) is 20.1. The van der Waals surface area contributed by atoms with Gasteiger partial charge < -0.3 is 9.80 Å². The van der Waals surface area contributed by atoms with Crippen molar-refractivity contribution in [2.75, 3.05) is 39.3 Å². The van der Waals surface area contributed by atoms with Crippen molar-refractivity contribution in [1.82, 2.24) is 9.80 Å². The van der Waals surface area contributed by atoms with Crippen molar-refractivity contribution in [3.05, 3.63) is 34.9 Å². The number of hydrogen-bond donors (Lipinski definition) is 0. The van der Waals surface area contributed by atoms with Crippen molar-refractivity contribution in [1.29, 1.82) is 0 Å². The molecule has 2 saturated heterocycles. The van der Waals surface area contributed by atoms with Gasteiger partial charge in [0.2, 0.25) is 0 Å². The van der Waals surface area contributed by atoms with Crippen LogP contribution >= 0.6 is 36.4 Å². The molecule has 0 saturated carbocycles. The van der Waals surface area contributed by atoms with E-state index in [0.717, 1.165) is 43.1 Å². The van der Waals surface area contributed by atoms with Gasteiger partial charge in [-0.05, 0) is 89.1 Å². The van der Waals surface area contributed by atoms with Gasteiger partial charge >= 0.3 is 0 Å². The van der Waals surface area contributed by atoms with Crippen LogP contribution in [0.2, 0.25) is 5.02 Å². The first-order valence-corrected chi connectivity index (χ1v) is 10.8. The zero-order valence-corrected chi connectivity index (χ0v) is 19.4. The Morgan fingerprint density at radius 1 is 1.00 bits per heavy atom. The molecular formula is C22H35Cl3N2O. The molecule has 2 heterocycles. The van der Waals surface area contributed by atoms with Crippen LogP contribution in [0.1, 0.15) is 57.4 Å². The van der Waals surface area contributed by atoms with Gasteiger partial charge in [0.15, 0.2) is 0 Å². The van der Waals surface area contributed by atoms with E-state index in [2.05, 4.69) is 15.9 Å². The second-order valence-corrected chi connectivity index (χ2v) is 8.40. The van der Waals surface area contributed by atoms with Crippen molar-refractivity contribution in [3.63, 3.8) is 0 Å². The Balaban J connectivity index is 0.00000196. The fourth-order valence-corrected chi connectivity index (χ4v) is 4.90. The molecule has 3 nitrogen and oxygen atoms in total. The zero-order valence-electron chi connectivity index (χ0n) is 17.0. The molecule has 0 radical (unpaired) electrons. The molecule has 160 valence electrons. The molecule has 0 unspecified atom stereocenters. The van der Waals surface area contributed by atoms with Crippen molar-refractivity contribution in [2.45, 2.75) is 57.3 Å². The highest BCUT2D eigenvalue weighted by atomic mass is 35.5. The average Bonchev–Trinajstić information content (AvgIpc) is 2.69. The van der Waals surface area contributed by atoms with Gasteiger partial charge in [0.05, 0.1) is 5.41 Å². The van der Waals surface area contributed by atoms with E-state index >= 15 is 0 Å². The van der Waals surface area contributed by atoms with E-state index in [1.807, 2.05) is 25.1 Å². The maximum absolute atomic E-state index is 12.9. The minimum absolute atomic E-state index is 0. The monoisotopic (exact) mass is 448 g/mol. The quantitative estimate of drug-likeness (QED) is 0.559. The molecule has 0 spiro atoms. The summed E-state index contributed by atoms with van der Waals surface area (Å²) in [5, 5.41) is 0.731. The molecule has 0 aliphatic carbocycles. The van der Waals surface area contributed by atoms with E-state index in [1.54, 1.807) is 0 Å². The van der Waals surface area contributed by atoms with Crippen molar-refractivity contribution in [3.8, 4) is 0 Å². The molecule has 0 bridgehead atoms. The van der Waals surface area contributed by atoms with E-state index in [-0.39, 0.29) is 30.2 Å². The third-order valence-corrected chi connectivity index (χ3v) is 6.57. The maximum Gasteiger partial charge on any atom is 0.143 e. The van der Waals surface area contributed by atoms with E-state index < -0.39 is 0 Å². The molecule has 0 atom stereocenters. The number of halogens is 3. The van der Waals surface area contributed by atoms with Gasteiger partial charge in [-0.15, -0.1) is 24.8 Å².